The Morgan fingerprint density at radius 1 is 1.07 bits per heavy atom. The van der Waals surface area contributed by atoms with Gasteiger partial charge in [0.1, 0.15) is 11.5 Å². The van der Waals surface area contributed by atoms with Crippen molar-refractivity contribution in [2.24, 2.45) is 0 Å². The van der Waals surface area contributed by atoms with Gasteiger partial charge in [0.05, 0.1) is 19.3 Å². The monoisotopic (exact) mass is 412 g/mol. The van der Waals surface area contributed by atoms with Gasteiger partial charge in [-0.25, -0.2) is 0 Å². The SMILES string of the molecule is CCN(CC(=O)Nc1ccccc1OC)C(=O)C(C)Oc1cc(C)ccc1C(C)C. The molecule has 2 rings (SSSR count). The van der Waals surface area contributed by atoms with Crippen LogP contribution >= 0.6 is 0 Å². The summed E-state index contributed by atoms with van der Waals surface area (Å²) >= 11 is 0. The second-order valence-corrected chi connectivity index (χ2v) is 7.56. The number of anilines is 1. The number of para-hydroxylation sites is 2. The molecule has 0 spiro atoms. The Morgan fingerprint density at radius 3 is 2.40 bits per heavy atom. The number of likely N-dealkylation sites (N-methyl/N-ethyl adjacent to an activating group) is 1. The smallest absolute Gasteiger partial charge is 0.263 e. The van der Waals surface area contributed by atoms with Crippen molar-refractivity contribution in [2.45, 2.75) is 46.6 Å². The van der Waals surface area contributed by atoms with Crippen molar-refractivity contribution in [1.29, 1.82) is 0 Å². The molecule has 0 aliphatic carbocycles. The summed E-state index contributed by atoms with van der Waals surface area (Å²) < 4.78 is 11.3. The average Bonchev–Trinajstić information content (AvgIpc) is 2.71. The zero-order chi connectivity index (χ0) is 22.3. The minimum atomic E-state index is -0.705. The number of hydrogen-bond donors (Lipinski definition) is 1. The number of methoxy groups -OCH3 is 1. The third-order valence-electron chi connectivity index (χ3n) is 4.85. The van der Waals surface area contributed by atoms with Crippen LogP contribution in [0, 0.1) is 6.92 Å². The molecule has 0 bridgehead atoms. The molecule has 2 aromatic rings. The normalized spacial score (nSPS) is 11.7. The van der Waals surface area contributed by atoms with E-state index in [-0.39, 0.29) is 24.3 Å². The highest BCUT2D eigenvalue weighted by molar-refractivity contribution is 5.96. The predicted molar refractivity (Wildman–Crippen MR) is 119 cm³/mol. The summed E-state index contributed by atoms with van der Waals surface area (Å²) in [7, 11) is 1.54. The highest BCUT2D eigenvalue weighted by Crippen LogP contribution is 2.28. The van der Waals surface area contributed by atoms with Crippen molar-refractivity contribution in [1.82, 2.24) is 4.90 Å². The van der Waals surface area contributed by atoms with Gasteiger partial charge in [-0.1, -0.05) is 38.1 Å². The summed E-state index contributed by atoms with van der Waals surface area (Å²) in [6.07, 6.45) is -0.705. The number of ether oxygens (including phenoxy) is 2. The van der Waals surface area contributed by atoms with Gasteiger partial charge < -0.3 is 19.7 Å². The van der Waals surface area contributed by atoms with Gasteiger partial charge in [-0.2, -0.15) is 0 Å². The van der Waals surface area contributed by atoms with Crippen molar-refractivity contribution in [3.8, 4) is 11.5 Å². The molecule has 1 atom stereocenters. The van der Waals surface area contributed by atoms with Gasteiger partial charge in [-0.05, 0) is 56.0 Å². The summed E-state index contributed by atoms with van der Waals surface area (Å²) in [5.41, 5.74) is 2.69. The third kappa shape index (κ3) is 5.99. The standard InChI is InChI=1S/C24H32N2O4/c1-7-26(15-23(27)25-20-10-8-9-11-21(20)29-6)24(28)18(5)30-22-14-17(4)12-13-19(22)16(2)3/h8-14,16,18H,7,15H2,1-6H3,(H,25,27). The van der Waals surface area contributed by atoms with Crippen LogP contribution in [0.25, 0.3) is 0 Å². The van der Waals surface area contributed by atoms with Crippen molar-refractivity contribution < 1.29 is 19.1 Å². The fourth-order valence-corrected chi connectivity index (χ4v) is 3.18. The van der Waals surface area contributed by atoms with Crippen LogP contribution in [-0.2, 0) is 9.59 Å². The molecule has 0 saturated heterocycles. The molecule has 0 heterocycles. The highest BCUT2D eigenvalue weighted by atomic mass is 16.5. The molecule has 1 N–H and O–H groups in total. The molecule has 0 aliphatic heterocycles. The average molecular weight is 413 g/mol. The first-order chi connectivity index (χ1) is 14.3. The Balaban J connectivity index is 2.06. The van der Waals surface area contributed by atoms with Crippen LogP contribution in [0.5, 0.6) is 11.5 Å². The van der Waals surface area contributed by atoms with Crippen molar-refractivity contribution in [3.63, 3.8) is 0 Å². The van der Waals surface area contributed by atoms with Crippen LogP contribution < -0.4 is 14.8 Å². The Morgan fingerprint density at radius 2 is 1.77 bits per heavy atom. The van der Waals surface area contributed by atoms with Gasteiger partial charge in [-0.3, -0.25) is 9.59 Å². The summed E-state index contributed by atoms with van der Waals surface area (Å²) in [4.78, 5) is 27.0. The van der Waals surface area contributed by atoms with E-state index in [4.69, 9.17) is 9.47 Å². The molecule has 0 radical (unpaired) electrons. The van der Waals surface area contributed by atoms with E-state index in [1.807, 2.05) is 44.2 Å². The van der Waals surface area contributed by atoms with Gasteiger partial charge in [0.15, 0.2) is 6.10 Å². The van der Waals surface area contributed by atoms with Crippen LogP contribution in [0.2, 0.25) is 0 Å². The summed E-state index contributed by atoms with van der Waals surface area (Å²) in [6, 6.07) is 13.2. The number of carbonyl (C=O) groups excluding carboxylic acids is 2. The quantitative estimate of drug-likeness (QED) is 0.664. The number of amides is 2. The summed E-state index contributed by atoms with van der Waals surface area (Å²) in [5, 5.41) is 2.80. The van der Waals surface area contributed by atoms with Gasteiger partial charge in [-0.15, -0.1) is 0 Å². The van der Waals surface area contributed by atoms with E-state index in [0.29, 0.717) is 23.7 Å². The van der Waals surface area contributed by atoms with E-state index >= 15 is 0 Å². The van der Waals surface area contributed by atoms with Crippen molar-refractivity contribution in [3.05, 3.63) is 53.6 Å². The predicted octanol–water partition coefficient (Wildman–Crippen LogP) is 4.38. The van der Waals surface area contributed by atoms with Gasteiger partial charge in [0, 0.05) is 6.54 Å². The van der Waals surface area contributed by atoms with E-state index < -0.39 is 6.10 Å². The van der Waals surface area contributed by atoms with Crippen LogP contribution in [0.4, 0.5) is 5.69 Å². The summed E-state index contributed by atoms with van der Waals surface area (Å²) in [5.74, 6) is 1.03. The van der Waals surface area contributed by atoms with Crippen LogP contribution in [-0.4, -0.2) is 43.0 Å². The van der Waals surface area contributed by atoms with Gasteiger partial charge in [0.2, 0.25) is 5.91 Å². The highest BCUT2D eigenvalue weighted by Gasteiger charge is 2.24. The molecule has 6 nitrogen and oxygen atoms in total. The molecule has 0 aliphatic rings. The first-order valence-electron chi connectivity index (χ1n) is 10.3. The second kappa shape index (κ2) is 10.7. The number of nitrogens with one attached hydrogen (secondary N) is 1. The van der Waals surface area contributed by atoms with Crippen molar-refractivity contribution in [2.75, 3.05) is 25.5 Å². The molecular weight excluding hydrogens is 380 g/mol. The summed E-state index contributed by atoms with van der Waals surface area (Å²) in [6.45, 7) is 10.1. The second-order valence-electron chi connectivity index (χ2n) is 7.56. The van der Waals surface area contributed by atoms with E-state index in [1.165, 1.54) is 4.90 Å². The zero-order valence-electron chi connectivity index (χ0n) is 18.7. The van der Waals surface area contributed by atoms with Crippen LogP contribution in [0.3, 0.4) is 0 Å². The Kier molecular flexibility index (Phi) is 8.27. The van der Waals surface area contributed by atoms with E-state index in [0.717, 1.165) is 11.1 Å². The molecule has 2 aromatic carbocycles. The maximum Gasteiger partial charge on any atom is 0.263 e. The van der Waals surface area contributed by atoms with Gasteiger partial charge in [0.25, 0.3) is 5.91 Å². The lowest BCUT2D eigenvalue weighted by Gasteiger charge is -2.25. The largest absolute Gasteiger partial charge is 0.495 e. The molecule has 162 valence electrons. The maximum absolute atomic E-state index is 13.0. The first kappa shape index (κ1) is 23.3. The third-order valence-corrected chi connectivity index (χ3v) is 4.85. The number of nitrogens with zero attached hydrogens (tertiary/aromatic N) is 1. The molecule has 0 aromatic heterocycles. The minimum absolute atomic E-state index is 0.0636. The van der Waals surface area contributed by atoms with E-state index in [9.17, 15) is 9.59 Å². The lowest BCUT2D eigenvalue weighted by molar-refractivity contribution is -0.140. The van der Waals surface area contributed by atoms with E-state index in [1.54, 1.807) is 26.2 Å². The Hall–Kier alpha value is -3.02. The maximum atomic E-state index is 13.0. The topological polar surface area (TPSA) is 67.9 Å². The lowest BCUT2D eigenvalue weighted by atomic mass is 10.0. The fourth-order valence-electron chi connectivity index (χ4n) is 3.18. The fraction of sp³-hybridized carbons (Fsp3) is 0.417. The van der Waals surface area contributed by atoms with Crippen LogP contribution in [0.1, 0.15) is 44.7 Å². The first-order valence-corrected chi connectivity index (χ1v) is 10.3. The number of rotatable bonds is 9. The molecule has 2 amide bonds. The molecule has 0 fully saturated rings. The Labute approximate surface area is 179 Å². The van der Waals surface area contributed by atoms with E-state index in [2.05, 4.69) is 19.2 Å². The lowest BCUT2D eigenvalue weighted by Crippen LogP contribution is -2.44. The molecule has 1 unspecified atom stereocenters. The number of benzene rings is 2. The number of carbonyl (C=O) groups is 2. The van der Waals surface area contributed by atoms with Crippen molar-refractivity contribution >= 4 is 17.5 Å². The zero-order valence-corrected chi connectivity index (χ0v) is 18.7. The Bertz CT molecular complexity index is 879. The molecular formula is C24H32N2O4. The molecule has 30 heavy (non-hydrogen) atoms. The molecule has 6 heteroatoms. The number of hydrogen-bond acceptors (Lipinski definition) is 4. The minimum Gasteiger partial charge on any atom is -0.495 e. The number of aryl methyl sites for hydroxylation is 1. The van der Waals surface area contributed by atoms with Crippen LogP contribution in [0.15, 0.2) is 42.5 Å². The van der Waals surface area contributed by atoms with Gasteiger partial charge >= 0.3 is 0 Å². The molecule has 0 saturated carbocycles.